The van der Waals surface area contributed by atoms with Crippen LogP contribution in [0.1, 0.15) is 79.1 Å². The summed E-state index contributed by atoms with van der Waals surface area (Å²) in [4.78, 5) is 93.4. The van der Waals surface area contributed by atoms with Crippen molar-refractivity contribution in [3.8, 4) is 11.5 Å². The fourth-order valence-electron chi connectivity index (χ4n) is 9.60. The molecule has 2 aromatic heterocycles. The fraction of sp³-hybridized carbons (Fsp3) is 0.478. The molecule has 4 aliphatic heterocycles. The number of ether oxygens (including phenoxy) is 3. The number of aromatic nitrogens is 3. The van der Waals surface area contributed by atoms with Crippen LogP contribution in [0.15, 0.2) is 47.4 Å². The molecule has 2 aromatic carbocycles. The average Bonchev–Trinajstić information content (AvgIpc) is 3.54. The summed E-state index contributed by atoms with van der Waals surface area (Å²) in [6.07, 6.45) is 5.66. The zero-order valence-electron chi connectivity index (χ0n) is 37.3. The van der Waals surface area contributed by atoms with Crippen LogP contribution in [0, 0.1) is 0 Å². The lowest BCUT2D eigenvalue weighted by atomic mass is 9.87. The van der Waals surface area contributed by atoms with Gasteiger partial charge < -0.3 is 39.2 Å². The van der Waals surface area contributed by atoms with E-state index in [-0.39, 0.29) is 66.0 Å². The zero-order chi connectivity index (χ0) is 46.4. The Morgan fingerprint density at radius 2 is 1.62 bits per heavy atom. The molecule has 348 valence electrons. The van der Waals surface area contributed by atoms with Gasteiger partial charge in [-0.05, 0) is 82.3 Å². The molecule has 9 rings (SSSR count). The summed E-state index contributed by atoms with van der Waals surface area (Å²) in [5.74, 6) is -0.913. The lowest BCUT2D eigenvalue weighted by Gasteiger charge is -2.47. The summed E-state index contributed by atoms with van der Waals surface area (Å²) in [6.45, 7) is 8.07. The van der Waals surface area contributed by atoms with Gasteiger partial charge in [0.25, 0.3) is 23.3 Å². The number of nitrogens with one attached hydrogen (secondary N) is 3. The van der Waals surface area contributed by atoms with Crippen LogP contribution in [-0.4, -0.2) is 138 Å². The summed E-state index contributed by atoms with van der Waals surface area (Å²) in [5, 5.41) is 9.16. The second-order valence-corrected chi connectivity index (χ2v) is 18.0. The van der Waals surface area contributed by atoms with Gasteiger partial charge in [0.2, 0.25) is 17.8 Å². The Bertz CT molecular complexity index is 2660. The molecule has 4 fully saturated rings. The molecule has 66 heavy (non-hydrogen) atoms. The van der Waals surface area contributed by atoms with Gasteiger partial charge in [0.05, 0.1) is 47.8 Å². The number of methoxy groups -OCH3 is 1. The van der Waals surface area contributed by atoms with Crippen molar-refractivity contribution in [2.75, 3.05) is 75.1 Å². The van der Waals surface area contributed by atoms with E-state index in [4.69, 9.17) is 30.8 Å². The number of carbonyl (C=O) groups excluding carboxylic acids is 5. The number of hydrogen-bond acceptors (Lipinski definition) is 15. The predicted molar refractivity (Wildman–Crippen MR) is 245 cm³/mol. The van der Waals surface area contributed by atoms with Crippen LogP contribution >= 0.6 is 11.6 Å². The summed E-state index contributed by atoms with van der Waals surface area (Å²) >= 11 is 6.60. The number of pyridine rings is 1. The maximum atomic E-state index is 13.5. The van der Waals surface area contributed by atoms with Crippen molar-refractivity contribution < 1.29 is 38.2 Å². The largest absolute Gasteiger partial charge is 0.495 e. The van der Waals surface area contributed by atoms with Gasteiger partial charge in [-0.1, -0.05) is 11.6 Å². The minimum absolute atomic E-state index is 0.0592. The van der Waals surface area contributed by atoms with E-state index < -0.39 is 29.7 Å². The highest BCUT2D eigenvalue weighted by Gasteiger charge is 2.46. The molecular weight excluding hydrogens is 872 g/mol. The minimum atomic E-state index is -1.03. The number of halogens is 1. The quantitative estimate of drug-likeness (QED) is 0.164. The fourth-order valence-corrected chi connectivity index (χ4v) is 9.74. The molecule has 0 radical (unpaired) electrons. The number of piperazine rings is 1. The number of imide groups is 2. The SMILES string of the molecule is CNC(=O)COc1cc2cc(Nc3nc(N4CCC(OC5CC(N6CCN(c7cc8c(cc7OC)C(=O)N(C7CCC(=O)NC7=O)C8=O)CC6)C5)CC4)ncc3Cl)ccc2n(C(C)C)c1=O. The first-order valence-corrected chi connectivity index (χ1v) is 22.8. The Hall–Kier alpha value is -6.31. The Labute approximate surface area is 385 Å². The van der Waals surface area contributed by atoms with Gasteiger partial charge >= 0.3 is 0 Å². The maximum absolute atomic E-state index is 13.5. The average molecular weight is 925 g/mol. The van der Waals surface area contributed by atoms with Gasteiger partial charge in [-0.3, -0.25) is 43.9 Å². The van der Waals surface area contributed by atoms with Crippen molar-refractivity contribution in [2.24, 2.45) is 0 Å². The third kappa shape index (κ3) is 8.73. The first kappa shape index (κ1) is 44.9. The topological polar surface area (TPSA) is 210 Å². The van der Waals surface area contributed by atoms with E-state index in [1.54, 1.807) is 29.0 Å². The molecule has 0 bridgehead atoms. The van der Waals surface area contributed by atoms with E-state index in [1.807, 2.05) is 32.0 Å². The molecule has 1 aliphatic carbocycles. The van der Waals surface area contributed by atoms with Crippen LogP contribution in [0.2, 0.25) is 5.02 Å². The number of piperidine rings is 2. The van der Waals surface area contributed by atoms with E-state index in [0.29, 0.717) is 47.4 Å². The molecule has 6 heterocycles. The van der Waals surface area contributed by atoms with Gasteiger partial charge in [0, 0.05) is 75.9 Å². The smallest absolute Gasteiger partial charge is 0.293 e. The minimum Gasteiger partial charge on any atom is -0.495 e. The van der Waals surface area contributed by atoms with Gasteiger partial charge in [0.1, 0.15) is 16.8 Å². The molecule has 1 atom stereocenters. The second kappa shape index (κ2) is 18.5. The summed E-state index contributed by atoms with van der Waals surface area (Å²) < 4.78 is 19.6. The molecular formula is C46H53ClN10O9. The summed E-state index contributed by atoms with van der Waals surface area (Å²) in [5.41, 5.74) is 2.27. The Morgan fingerprint density at radius 3 is 2.30 bits per heavy atom. The monoisotopic (exact) mass is 924 g/mol. The number of likely N-dealkylation sites (N-methyl/N-ethyl adjacent to an activating group) is 1. The van der Waals surface area contributed by atoms with E-state index >= 15 is 0 Å². The standard InChI is InChI=1S/C46H53ClN10O9/c1-25(2)56-34-6-5-27(17-26(34)18-38(45(56)63)65-24-40(59)48-3)50-41-33(47)23-49-46(52-41)55-11-9-29(10-12-55)66-30-19-28(20-30)53-13-15-54(16-14-53)36-21-31-32(22-37(36)64-4)44(62)57(43(31)61)35-7-8-39(58)51-42(35)60/h5-6,17-18,21-23,25,28-30,35H,7-16,19-20,24H2,1-4H3,(H,48,59)(H,49,50,52)(H,51,58,60). The van der Waals surface area contributed by atoms with Crippen LogP contribution < -0.4 is 40.8 Å². The first-order chi connectivity index (χ1) is 31.8. The number of hydrogen-bond donors (Lipinski definition) is 3. The number of fused-ring (bicyclic) bond motifs is 2. The maximum Gasteiger partial charge on any atom is 0.293 e. The van der Waals surface area contributed by atoms with Crippen LogP contribution in [-0.2, 0) is 19.1 Å². The number of nitrogens with zero attached hydrogens (tertiary/aromatic N) is 7. The first-order valence-electron chi connectivity index (χ1n) is 22.4. The molecule has 3 saturated heterocycles. The third-order valence-corrected chi connectivity index (χ3v) is 13.5. The molecule has 5 amide bonds. The Kier molecular flexibility index (Phi) is 12.6. The Morgan fingerprint density at radius 1 is 0.894 bits per heavy atom. The highest BCUT2D eigenvalue weighted by Crippen LogP contribution is 2.39. The zero-order valence-corrected chi connectivity index (χ0v) is 38.1. The second-order valence-electron chi connectivity index (χ2n) is 17.6. The van der Waals surface area contributed by atoms with Crippen LogP contribution in [0.5, 0.6) is 11.5 Å². The number of carbonyl (C=O) groups is 5. The number of amides is 5. The molecule has 1 saturated carbocycles. The van der Waals surface area contributed by atoms with Crippen LogP contribution in [0.4, 0.5) is 23.1 Å². The Balaban J connectivity index is 0.758. The highest BCUT2D eigenvalue weighted by molar-refractivity contribution is 6.33. The van der Waals surface area contributed by atoms with Crippen LogP contribution in [0.3, 0.4) is 0 Å². The van der Waals surface area contributed by atoms with E-state index in [2.05, 4.69) is 35.6 Å². The molecule has 20 heteroatoms. The van der Waals surface area contributed by atoms with Crippen molar-refractivity contribution in [2.45, 2.75) is 82.7 Å². The highest BCUT2D eigenvalue weighted by atomic mass is 35.5. The van der Waals surface area contributed by atoms with E-state index in [1.165, 1.54) is 14.2 Å². The molecule has 5 aliphatic rings. The van der Waals surface area contributed by atoms with Gasteiger partial charge in [-0.25, -0.2) is 4.98 Å². The van der Waals surface area contributed by atoms with Crippen molar-refractivity contribution in [3.05, 3.63) is 69.1 Å². The molecule has 1 unspecified atom stereocenters. The number of anilines is 4. The lowest BCUT2D eigenvalue weighted by molar-refractivity contribution is -0.136. The van der Waals surface area contributed by atoms with Gasteiger partial charge in [-0.2, -0.15) is 4.98 Å². The van der Waals surface area contributed by atoms with E-state index in [0.717, 1.165) is 73.4 Å². The van der Waals surface area contributed by atoms with Crippen molar-refractivity contribution in [3.63, 3.8) is 0 Å². The molecule has 19 nitrogen and oxygen atoms in total. The molecule has 0 spiro atoms. The molecule has 4 aromatic rings. The van der Waals surface area contributed by atoms with Crippen molar-refractivity contribution >= 4 is 75.2 Å². The normalized spacial score (nSPS) is 21.5. The molecule has 3 N–H and O–H groups in total. The number of benzene rings is 2. The lowest BCUT2D eigenvalue weighted by Crippen LogP contribution is -2.56. The third-order valence-electron chi connectivity index (χ3n) is 13.2. The summed E-state index contributed by atoms with van der Waals surface area (Å²) in [6, 6.07) is 9.78. The van der Waals surface area contributed by atoms with Gasteiger partial charge in [0.15, 0.2) is 18.2 Å². The van der Waals surface area contributed by atoms with E-state index in [9.17, 15) is 28.8 Å². The predicted octanol–water partition coefficient (Wildman–Crippen LogP) is 3.64. The number of rotatable bonds is 13. The van der Waals surface area contributed by atoms with Crippen molar-refractivity contribution in [1.82, 2.24) is 35.0 Å². The van der Waals surface area contributed by atoms with Crippen molar-refractivity contribution in [1.29, 1.82) is 0 Å². The van der Waals surface area contributed by atoms with Gasteiger partial charge in [-0.15, -0.1) is 0 Å². The summed E-state index contributed by atoms with van der Waals surface area (Å²) in [7, 11) is 3.04. The van der Waals surface area contributed by atoms with Crippen LogP contribution in [0.25, 0.3) is 10.9 Å².